The van der Waals surface area contributed by atoms with Gasteiger partial charge in [-0.1, -0.05) is 34.1 Å². The number of benzene rings is 2. The lowest BCUT2D eigenvalue weighted by Crippen LogP contribution is -2.36. The largest absolute Gasteiger partial charge is 0.504 e. The van der Waals surface area contributed by atoms with Crippen molar-refractivity contribution in [3.63, 3.8) is 0 Å². The summed E-state index contributed by atoms with van der Waals surface area (Å²) in [5, 5.41) is 12.1. The van der Waals surface area contributed by atoms with Gasteiger partial charge >= 0.3 is 0 Å². The Kier molecular flexibility index (Phi) is 3.92. The van der Waals surface area contributed by atoms with E-state index in [1.807, 2.05) is 0 Å². The highest BCUT2D eigenvalue weighted by Crippen LogP contribution is 2.35. The number of rotatable bonds is 2. The summed E-state index contributed by atoms with van der Waals surface area (Å²) in [6.07, 6.45) is 1.65. The third kappa shape index (κ3) is 2.73. The van der Waals surface area contributed by atoms with E-state index in [-0.39, 0.29) is 5.75 Å². The van der Waals surface area contributed by atoms with Crippen molar-refractivity contribution in [2.75, 3.05) is 7.11 Å². The number of phenolic OH excluding ortho intramolecular Hbond substituents is 1. The van der Waals surface area contributed by atoms with Crippen LogP contribution in [0, 0.1) is 0 Å². The highest BCUT2D eigenvalue weighted by molar-refractivity contribution is 9.10. The van der Waals surface area contributed by atoms with Gasteiger partial charge in [-0.05, 0) is 35.4 Å². The van der Waals surface area contributed by atoms with Gasteiger partial charge in [-0.15, -0.1) is 0 Å². The Morgan fingerprint density at radius 2 is 1.83 bits per heavy atom. The predicted octanol–water partition coefficient (Wildman–Crippen LogP) is 2.97. The van der Waals surface area contributed by atoms with E-state index in [2.05, 4.69) is 21.2 Å². The second-order valence-corrected chi connectivity index (χ2v) is 5.79. The molecule has 3 rings (SSSR count). The number of halogens is 1. The molecule has 2 aromatic carbocycles. The van der Waals surface area contributed by atoms with E-state index in [0.717, 1.165) is 0 Å². The maximum Gasteiger partial charge on any atom is 0.258 e. The summed E-state index contributed by atoms with van der Waals surface area (Å²) in [5.74, 6) is -0.594. The van der Waals surface area contributed by atoms with Crippen molar-refractivity contribution in [2.24, 2.45) is 0 Å². The first kappa shape index (κ1) is 15.3. The number of imide groups is 1. The zero-order valence-corrected chi connectivity index (χ0v) is 13.7. The second kappa shape index (κ2) is 5.89. The first-order chi connectivity index (χ1) is 11.0. The van der Waals surface area contributed by atoms with Crippen molar-refractivity contribution in [1.82, 2.24) is 5.32 Å². The first-order valence-electron chi connectivity index (χ1n) is 6.74. The third-order valence-corrected chi connectivity index (χ3v) is 4.22. The smallest absolute Gasteiger partial charge is 0.258 e. The van der Waals surface area contributed by atoms with E-state index < -0.39 is 11.8 Å². The van der Waals surface area contributed by atoms with Crippen molar-refractivity contribution in [2.45, 2.75) is 0 Å². The SMILES string of the molecule is COc1cc(C=C2C(=O)NC(=O)c3ccccc32)c(Br)cc1O. The molecular weight excluding hydrogens is 362 g/mol. The molecular formula is C17H12BrNO4. The number of hydrogen-bond donors (Lipinski definition) is 2. The summed E-state index contributed by atoms with van der Waals surface area (Å²) in [6.45, 7) is 0. The number of amides is 2. The van der Waals surface area contributed by atoms with Gasteiger partial charge in [0.05, 0.1) is 7.11 Å². The molecule has 0 spiro atoms. The van der Waals surface area contributed by atoms with Gasteiger partial charge < -0.3 is 9.84 Å². The van der Waals surface area contributed by atoms with Crippen molar-refractivity contribution in [3.05, 3.63) is 57.6 Å². The third-order valence-electron chi connectivity index (χ3n) is 3.53. The molecule has 5 nitrogen and oxygen atoms in total. The highest BCUT2D eigenvalue weighted by atomic mass is 79.9. The average molecular weight is 374 g/mol. The molecule has 0 radical (unpaired) electrons. The van der Waals surface area contributed by atoms with E-state index in [4.69, 9.17) is 4.74 Å². The zero-order chi connectivity index (χ0) is 16.6. The van der Waals surface area contributed by atoms with Gasteiger partial charge in [-0.25, -0.2) is 0 Å². The molecule has 2 N–H and O–H groups in total. The Morgan fingerprint density at radius 1 is 1.13 bits per heavy atom. The van der Waals surface area contributed by atoms with E-state index in [1.165, 1.54) is 13.2 Å². The number of hydrogen-bond acceptors (Lipinski definition) is 4. The molecule has 0 aromatic heterocycles. The number of carbonyl (C=O) groups is 2. The molecule has 0 atom stereocenters. The fourth-order valence-electron chi connectivity index (χ4n) is 2.41. The average Bonchev–Trinajstić information content (AvgIpc) is 2.53. The van der Waals surface area contributed by atoms with Gasteiger partial charge in [-0.2, -0.15) is 0 Å². The van der Waals surface area contributed by atoms with Crippen molar-refractivity contribution >= 4 is 39.4 Å². The Morgan fingerprint density at radius 3 is 2.52 bits per heavy atom. The molecule has 0 aliphatic carbocycles. The van der Waals surface area contributed by atoms with Crippen LogP contribution in [-0.2, 0) is 4.79 Å². The van der Waals surface area contributed by atoms with Crippen LogP contribution in [0.5, 0.6) is 11.5 Å². The number of fused-ring (bicyclic) bond motifs is 1. The predicted molar refractivity (Wildman–Crippen MR) is 89.1 cm³/mol. The molecule has 0 unspecified atom stereocenters. The monoisotopic (exact) mass is 373 g/mol. The maximum absolute atomic E-state index is 12.2. The molecule has 6 heteroatoms. The molecule has 116 valence electrons. The zero-order valence-electron chi connectivity index (χ0n) is 12.1. The van der Waals surface area contributed by atoms with Gasteiger partial charge in [-0.3, -0.25) is 14.9 Å². The van der Waals surface area contributed by atoms with E-state index in [1.54, 1.807) is 36.4 Å². The number of carbonyl (C=O) groups excluding carboxylic acids is 2. The normalized spacial score (nSPS) is 15.3. The second-order valence-electron chi connectivity index (χ2n) is 4.93. The summed E-state index contributed by atoms with van der Waals surface area (Å²) in [7, 11) is 1.45. The van der Waals surface area contributed by atoms with E-state index in [9.17, 15) is 14.7 Å². The van der Waals surface area contributed by atoms with Crippen LogP contribution in [0.2, 0.25) is 0 Å². The van der Waals surface area contributed by atoms with Crippen molar-refractivity contribution < 1.29 is 19.4 Å². The lowest BCUT2D eigenvalue weighted by molar-refractivity contribution is -0.114. The van der Waals surface area contributed by atoms with Crippen LogP contribution in [0.3, 0.4) is 0 Å². The molecule has 0 bridgehead atoms. The number of ether oxygens (including phenoxy) is 1. The van der Waals surface area contributed by atoms with Gasteiger partial charge in [0.15, 0.2) is 11.5 Å². The quantitative estimate of drug-likeness (QED) is 0.626. The number of methoxy groups -OCH3 is 1. The maximum atomic E-state index is 12.2. The van der Waals surface area contributed by atoms with Crippen LogP contribution < -0.4 is 10.1 Å². The number of phenols is 1. The molecule has 0 saturated carbocycles. The molecule has 2 aromatic rings. The van der Waals surface area contributed by atoms with Gasteiger partial charge in [0, 0.05) is 15.6 Å². The first-order valence-corrected chi connectivity index (χ1v) is 7.54. The Labute approximate surface area is 140 Å². The molecule has 23 heavy (non-hydrogen) atoms. The minimum absolute atomic E-state index is 0.00908. The summed E-state index contributed by atoms with van der Waals surface area (Å²) in [6, 6.07) is 10.00. The van der Waals surface area contributed by atoms with Crippen LogP contribution in [0.15, 0.2) is 40.9 Å². The van der Waals surface area contributed by atoms with Crippen molar-refractivity contribution in [3.8, 4) is 11.5 Å². The fraction of sp³-hybridized carbons (Fsp3) is 0.0588. The van der Waals surface area contributed by atoms with E-state index in [0.29, 0.717) is 32.5 Å². The molecule has 1 heterocycles. The summed E-state index contributed by atoms with van der Waals surface area (Å²) < 4.78 is 5.69. The molecule has 2 amide bonds. The van der Waals surface area contributed by atoms with Crippen molar-refractivity contribution in [1.29, 1.82) is 0 Å². The van der Waals surface area contributed by atoms with E-state index >= 15 is 0 Å². The Balaban J connectivity index is 2.18. The summed E-state index contributed by atoms with van der Waals surface area (Å²) >= 11 is 3.35. The molecule has 0 fully saturated rings. The minimum Gasteiger partial charge on any atom is -0.504 e. The van der Waals surface area contributed by atoms with Crippen LogP contribution in [0.1, 0.15) is 21.5 Å². The fourth-order valence-corrected chi connectivity index (χ4v) is 2.85. The number of aromatic hydroxyl groups is 1. The minimum atomic E-state index is -0.465. The van der Waals surface area contributed by atoms with Crippen LogP contribution >= 0.6 is 15.9 Å². The Hall–Kier alpha value is -2.60. The Bertz CT molecular complexity index is 858. The summed E-state index contributed by atoms with van der Waals surface area (Å²) in [4.78, 5) is 24.1. The van der Waals surface area contributed by atoms with Gasteiger partial charge in [0.2, 0.25) is 0 Å². The lowest BCUT2D eigenvalue weighted by atomic mass is 9.93. The van der Waals surface area contributed by atoms with Crippen LogP contribution in [0.25, 0.3) is 11.6 Å². The topological polar surface area (TPSA) is 75.6 Å². The summed E-state index contributed by atoms with van der Waals surface area (Å²) in [5.41, 5.74) is 2.03. The number of nitrogens with one attached hydrogen (secondary N) is 1. The van der Waals surface area contributed by atoms with Gasteiger partial charge in [0.25, 0.3) is 11.8 Å². The molecule has 1 aliphatic heterocycles. The van der Waals surface area contributed by atoms with Crippen LogP contribution in [0.4, 0.5) is 0 Å². The van der Waals surface area contributed by atoms with Gasteiger partial charge in [0.1, 0.15) is 0 Å². The molecule has 1 aliphatic rings. The highest BCUT2D eigenvalue weighted by Gasteiger charge is 2.26. The lowest BCUT2D eigenvalue weighted by Gasteiger charge is -2.18. The van der Waals surface area contributed by atoms with Crippen LogP contribution in [-0.4, -0.2) is 24.0 Å². The standard InChI is InChI=1S/C17H12BrNO4/c1-23-15-7-9(13(18)8-14(15)20)6-12-10-4-2-3-5-11(10)16(21)19-17(12)22/h2-8,20H,1H3,(H,19,21,22). The molecule has 0 saturated heterocycles.